The van der Waals surface area contributed by atoms with Gasteiger partial charge in [-0.2, -0.15) is 15.8 Å². The first kappa shape index (κ1) is 29.7. The van der Waals surface area contributed by atoms with Gasteiger partial charge in [0.1, 0.15) is 0 Å². The lowest BCUT2D eigenvalue weighted by molar-refractivity contribution is 1.18. The van der Waals surface area contributed by atoms with Gasteiger partial charge >= 0.3 is 0 Å². The zero-order chi connectivity index (χ0) is 34.5. The number of hydrogen-bond donors (Lipinski definition) is 0. The molecule has 8 aromatic carbocycles. The van der Waals surface area contributed by atoms with Crippen molar-refractivity contribution in [2.45, 2.75) is 0 Å². The van der Waals surface area contributed by atoms with E-state index in [0.717, 1.165) is 82.4 Å². The predicted molar refractivity (Wildman–Crippen MR) is 206 cm³/mol. The van der Waals surface area contributed by atoms with Crippen LogP contribution in [0.15, 0.2) is 158 Å². The van der Waals surface area contributed by atoms with Crippen LogP contribution < -0.4 is 0 Å². The smallest absolute Gasteiger partial charge is 0.0998 e. The quantitative estimate of drug-likeness (QED) is 0.179. The van der Waals surface area contributed by atoms with E-state index in [1.807, 2.05) is 66.7 Å². The highest BCUT2D eigenvalue weighted by atomic mass is 15.0. The highest BCUT2D eigenvalue weighted by Gasteiger charge is 2.24. The number of aromatic nitrogens is 1. The molecule has 0 aliphatic heterocycles. The number of fused-ring (bicyclic) bond motifs is 5. The fraction of sp³-hybridized carbons (Fsp3) is 0. The van der Waals surface area contributed by atoms with Gasteiger partial charge in [0.25, 0.3) is 0 Å². The van der Waals surface area contributed by atoms with Crippen LogP contribution in [0.1, 0.15) is 16.7 Å². The van der Waals surface area contributed by atoms with Crippen molar-refractivity contribution in [1.29, 1.82) is 15.8 Å². The van der Waals surface area contributed by atoms with Crippen molar-refractivity contribution in [3.05, 3.63) is 174 Å². The average molecular weight is 647 g/mol. The Morgan fingerprint density at radius 1 is 0.373 bits per heavy atom. The molecule has 51 heavy (non-hydrogen) atoms. The van der Waals surface area contributed by atoms with Crippen LogP contribution in [-0.2, 0) is 0 Å². The second-order valence-corrected chi connectivity index (χ2v) is 12.6. The molecule has 9 aromatic rings. The Hall–Kier alpha value is -7.45. The molecule has 0 saturated heterocycles. The van der Waals surface area contributed by atoms with Crippen molar-refractivity contribution in [3.8, 4) is 57.3 Å². The van der Waals surface area contributed by atoms with Gasteiger partial charge in [-0.3, -0.25) is 0 Å². The van der Waals surface area contributed by atoms with Crippen molar-refractivity contribution in [2.24, 2.45) is 0 Å². The maximum absolute atomic E-state index is 10.8. The van der Waals surface area contributed by atoms with Crippen LogP contribution in [0.2, 0.25) is 0 Å². The van der Waals surface area contributed by atoms with E-state index < -0.39 is 0 Å². The summed E-state index contributed by atoms with van der Waals surface area (Å²) in [6.45, 7) is 0. The molecule has 0 aliphatic carbocycles. The maximum atomic E-state index is 10.8. The molecule has 9 rings (SSSR count). The Balaban J connectivity index is 1.44. The summed E-state index contributed by atoms with van der Waals surface area (Å²) in [7, 11) is 0. The molecule has 1 aromatic heterocycles. The van der Waals surface area contributed by atoms with Crippen LogP contribution in [0.3, 0.4) is 0 Å². The van der Waals surface area contributed by atoms with Gasteiger partial charge in [0.05, 0.1) is 51.6 Å². The fourth-order valence-electron chi connectivity index (χ4n) is 7.78. The summed E-state index contributed by atoms with van der Waals surface area (Å²) in [5.74, 6) is 0. The van der Waals surface area contributed by atoms with E-state index in [0.29, 0.717) is 16.7 Å². The summed E-state index contributed by atoms with van der Waals surface area (Å²) in [6.07, 6.45) is 0. The first-order chi connectivity index (χ1) is 25.2. The minimum absolute atomic E-state index is 0.495. The molecule has 0 bridgehead atoms. The molecular formula is C47H26N4. The molecule has 0 N–H and O–H groups in total. The van der Waals surface area contributed by atoms with Gasteiger partial charge in [-0.05, 0) is 92.3 Å². The second kappa shape index (κ2) is 11.9. The normalized spacial score (nSPS) is 11.1. The Bertz CT molecular complexity index is 2940. The number of benzene rings is 8. The monoisotopic (exact) mass is 646 g/mol. The highest BCUT2D eigenvalue weighted by molar-refractivity contribution is 6.23. The molecule has 4 heteroatoms. The van der Waals surface area contributed by atoms with E-state index in [2.05, 4.69) is 114 Å². The lowest BCUT2D eigenvalue weighted by atomic mass is 9.82. The van der Waals surface area contributed by atoms with E-state index in [9.17, 15) is 15.8 Å². The zero-order valence-corrected chi connectivity index (χ0v) is 27.3. The van der Waals surface area contributed by atoms with Gasteiger partial charge in [-0.15, -0.1) is 0 Å². The zero-order valence-electron chi connectivity index (χ0n) is 27.3. The van der Waals surface area contributed by atoms with Gasteiger partial charge < -0.3 is 4.57 Å². The number of nitriles is 3. The third kappa shape index (κ3) is 4.58. The minimum Gasteiger partial charge on any atom is -0.309 e. The summed E-state index contributed by atoms with van der Waals surface area (Å²) >= 11 is 0. The lowest BCUT2D eigenvalue weighted by Crippen LogP contribution is -2.01. The second-order valence-electron chi connectivity index (χ2n) is 12.6. The summed E-state index contributed by atoms with van der Waals surface area (Å²) in [5, 5.41) is 37.1. The number of hydrogen-bond acceptors (Lipinski definition) is 3. The van der Waals surface area contributed by atoms with Crippen LogP contribution >= 0.6 is 0 Å². The van der Waals surface area contributed by atoms with Crippen molar-refractivity contribution in [3.63, 3.8) is 0 Å². The van der Waals surface area contributed by atoms with E-state index >= 15 is 0 Å². The first-order valence-electron chi connectivity index (χ1n) is 16.7. The summed E-state index contributed by atoms with van der Waals surface area (Å²) in [5.41, 5.74) is 10.1. The van der Waals surface area contributed by atoms with Crippen LogP contribution in [0, 0.1) is 34.0 Å². The molecule has 4 nitrogen and oxygen atoms in total. The first-order valence-corrected chi connectivity index (χ1v) is 16.7. The predicted octanol–water partition coefficient (Wildman–Crippen LogP) is 11.7. The Morgan fingerprint density at radius 2 is 0.941 bits per heavy atom. The van der Waals surface area contributed by atoms with Gasteiger partial charge in [-0.25, -0.2) is 0 Å². The molecule has 0 saturated carbocycles. The third-order valence-electron chi connectivity index (χ3n) is 9.89. The Kier molecular flexibility index (Phi) is 6.93. The largest absolute Gasteiger partial charge is 0.309 e. The van der Waals surface area contributed by atoms with Gasteiger partial charge in [0, 0.05) is 21.9 Å². The van der Waals surface area contributed by atoms with Crippen molar-refractivity contribution in [1.82, 2.24) is 4.57 Å². The molecule has 0 unspecified atom stereocenters. The van der Waals surface area contributed by atoms with Crippen LogP contribution in [0.4, 0.5) is 0 Å². The van der Waals surface area contributed by atoms with Crippen molar-refractivity contribution >= 4 is 43.4 Å². The van der Waals surface area contributed by atoms with E-state index in [-0.39, 0.29) is 0 Å². The Labute approximate surface area is 294 Å². The molecule has 0 amide bonds. The molecule has 0 aliphatic rings. The molecule has 1 heterocycles. The molecule has 234 valence electrons. The van der Waals surface area contributed by atoms with Gasteiger partial charge in [0.15, 0.2) is 0 Å². The Morgan fingerprint density at radius 3 is 1.61 bits per heavy atom. The van der Waals surface area contributed by atoms with E-state index in [1.165, 1.54) is 0 Å². The van der Waals surface area contributed by atoms with Crippen molar-refractivity contribution in [2.75, 3.05) is 0 Å². The van der Waals surface area contributed by atoms with Crippen molar-refractivity contribution < 1.29 is 0 Å². The van der Waals surface area contributed by atoms with Gasteiger partial charge in [0.2, 0.25) is 0 Å². The highest BCUT2D eigenvalue weighted by Crippen LogP contribution is 2.48. The van der Waals surface area contributed by atoms with Crippen LogP contribution in [-0.4, -0.2) is 4.57 Å². The molecule has 0 atom stereocenters. The summed E-state index contributed by atoms with van der Waals surface area (Å²) in [6, 6.07) is 60.1. The topological polar surface area (TPSA) is 76.3 Å². The molecule has 0 spiro atoms. The average Bonchev–Trinajstić information content (AvgIpc) is 3.53. The maximum Gasteiger partial charge on any atom is 0.0998 e. The third-order valence-corrected chi connectivity index (χ3v) is 9.89. The van der Waals surface area contributed by atoms with Crippen LogP contribution in [0.25, 0.3) is 82.4 Å². The van der Waals surface area contributed by atoms with E-state index in [1.54, 1.807) is 0 Å². The number of para-hydroxylation sites is 1. The standard InChI is InChI=1S/C47H26N4/c48-27-30-21-23-43-40(25-30)34-14-8-9-20-42(34)51(43)44-24-22-31(28-49)26-41(44)46-33(29-50)13-10-19-39(46)47-37-17-6-4-15-35(37)45(32-11-2-1-3-12-32)36-16-5-7-18-38(36)47/h1-26H. The van der Waals surface area contributed by atoms with Crippen LogP contribution in [0.5, 0.6) is 0 Å². The minimum atomic E-state index is 0.495. The number of nitrogens with zero attached hydrogens (tertiary/aromatic N) is 4. The lowest BCUT2D eigenvalue weighted by Gasteiger charge is -2.22. The summed E-state index contributed by atoms with van der Waals surface area (Å²) < 4.78 is 2.19. The van der Waals surface area contributed by atoms with Gasteiger partial charge in [-0.1, -0.05) is 109 Å². The fourth-order valence-corrected chi connectivity index (χ4v) is 7.78. The number of rotatable bonds is 4. The molecule has 0 radical (unpaired) electrons. The molecule has 0 fully saturated rings. The molecular weight excluding hydrogens is 621 g/mol. The SMILES string of the molecule is N#Cc1ccc(-n2c3ccccc3c3cc(C#N)ccc32)c(-c2c(C#N)cccc2-c2c3ccccc3c(-c3ccccc3)c3ccccc23)c1. The van der Waals surface area contributed by atoms with E-state index in [4.69, 9.17) is 0 Å². The summed E-state index contributed by atoms with van der Waals surface area (Å²) in [4.78, 5) is 0.